The Labute approximate surface area is 139 Å². The Morgan fingerprint density at radius 3 is 2.61 bits per heavy atom. The van der Waals surface area contributed by atoms with Gasteiger partial charge in [0.25, 0.3) is 5.91 Å². The van der Waals surface area contributed by atoms with Gasteiger partial charge in [-0.3, -0.25) is 4.79 Å². The first kappa shape index (κ1) is 17.8. The lowest BCUT2D eigenvalue weighted by molar-refractivity contribution is 0.0723. The summed E-state index contributed by atoms with van der Waals surface area (Å²) in [6, 6.07) is 5.70. The lowest BCUT2D eigenvalue weighted by Crippen LogP contribution is -2.35. The zero-order valence-corrected chi connectivity index (χ0v) is 14.6. The molecule has 0 bridgehead atoms. The Kier molecular flexibility index (Phi) is 6.90. The standard InChI is InChI=1S/C19H29NO3/c1-4-23-18-9-8-16(12-17(18)14-22-13-15(2)3)19(21)20-10-6-5-7-11-20/h8-9,12,15H,4-7,10-11,13-14H2,1-3H3. The summed E-state index contributed by atoms with van der Waals surface area (Å²) >= 11 is 0. The molecule has 1 heterocycles. The fourth-order valence-electron chi connectivity index (χ4n) is 2.81. The van der Waals surface area contributed by atoms with Crippen molar-refractivity contribution >= 4 is 5.91 Å². The summed E-state index contributed by atoms with van der Waals surface area (Å²) in [5.74, 6) is 1.42. The third-order valence-electron chi connectivity index (χ3n) is 3.96. The molecule has 128 valence electrons. The molecule has 1 fully saturated rings. The van der Waals surface area contributed by atoms with E-state index in [1.54, 1.807) is 0 Å². The quantitative estimate of drug-likeness (QED) is 0.765. The molecule has 1 aliphatic heterocycles. The highest BCUT2D eigenvalue weighted by atomic mass is 16.5. The number of amides is 1. The van der Waals surface area contributed by atoms with Crippen LogP contribution >= 0.6 is 0 Å². The minimum absolute atomic E-state index is 0.123. The van der Waals surface area contributed by atoms with E-state index in [-0.39, 0.29) is 5.91 Å². The van der Waals surface area contributed by atoms with E-state index in [0.717, 1.165) is 42.8 Å². The highest BCUT2D eigenvalue weighted by Crippen LogP contribution is 2.23. The van der Waals surface area contributed by atoms with Crippen molar-refractivity contribution in [2.75, 3.05) is 26.3 Å². The summed E-state index contributed by atoms with van der Waals surface area (Å²) in [5.41, 5.74) is 1.69. The number of rotatable bonds is 7. The van der Waals surface area contributed by atoms with Crippen molar-refractivity contribution in [3.8, 4) is 5.75 Å². The zero-order valence-electron chi connectivity index (χ0n) is 14.6. The Morgan fingerprint density at radius 1 is 1.22 bits per heavy atom. The van der Waals surface area contributed by atoms with Gasteiger partial charge in [-0.25, -0.2) is 0 Å². The number of nitrogens with zero attached hydrogens (tertiary/aromatic N) is 1. The van der Waals surface area contributed by atoms with Gasteiger partial charge in [-0.1, -0.05) is 13.8 Å². The van der Waals surface area contributed by atoms with Crippen LogP contribution in [0.2, 0.25) is 0 Å². The fourth-order valence-corrected chi connectivity index (χ4v) is 2.81. The van der Waals surface area contributed by atoms with Crippen molar-refractivity contribution in [1.82, 2.24) is 4.90 Å². The highest BCUT2D eigenvalue weighted by Gasteiger charge is 2.19. The van der Waals surface area contributed by atoms with E-state index in [2.05, 4.69) is 13.8 Å². The molecule has 0 N–H and O–H groups in total. The van der Waals surface area contributed by atoms with Gasteiger partial charge in [0.2, 0.25) is 0 Å². The van der Waals surface area contributed by atoms with Crippen molar-refractivity contribution in [2.24, 2.45) is 5.92 Å². The third-order valence-corrected chi connectivity index (χ3v) is 3.96. The van der Waals surface area contributed by atoms with Crippen LogP contribution in [0.3, 0.4) is 0 Å². The van der Waals surface area contributed by atoms with E-state index in [4.69, 9.17) is 9.47 Å². The van der Waals surface area contributed by atoms with Crippen molar-refractivity contribution in [3.05, 3.63) is 29.3 Å². The largest absolute Gasteiger partial charge is 0.494 e. The Hall–Kier alpha value is -1.55. The van der Waals surface area contributed by atoms with Crippen LogP contribution in [0.1, 0.15) is 56.0 Å². The van der Waals surface area contributed by atoms with Crippen LogP contribution in [-0.4, -0.2) is 37.1 Å². The molecule has 0 aliphatic carbocycles. The van der Waals surface area contributed by atoms with E-state index in [9.17, 15) is 4.79 Å². The van der Waals surface area contributed by atoms with Gasteiger partial charge < -0.3 is 14.4 Å². The van der Waals surface area contributed by atoms with Crippen LogP contribution in [0, 0.1) is 5.92 Å². The molecule has 1 aliphatic rings. The van der Waals surface area contributed by atoms with Gasteiger partial charge in [0.05, 0.1) is 13.2 Å². The van der Waals surface area contributed by atoms with Gasteiger partial charge in [0, 0.05) is 30.8 Å². The molecule has 0 atom stereocenters. The molecule has 1 amide bonds. The minimum Gasteiger partial charge on any atom is -0.494 e. The third kappa shape index (κ3) is 5.24. The predicted molar refractivity (Wildman–Crippen MR) is 91.9 cm³/mol. The van der Waals surface area contributed by atoms with E-state index in [1.165, 1.54) is 6.42 Å². The van der Waals surface area contributed by atoms with E-state index in [1.807, 2.05) is 30.0 Å². The second kappa shape index (κ2) is 8.92. The summed E-state index contributed by atoms with van der Waals surface area (Å²) in [6.07, 6.45) is 3.43. The zero-order chi connectivity index (χ0) is 16.7. The van der Waals surface area contributed by atoms with Crippen LogP contribution in [0.15, 0.2) is 18.2 Å². The SMILES string of the molecule is CCOc1ccc(C(=O)N2CCCCC2)cc1COCC(C)C. The maximum atomic E-state index is 12.6. The average Bonchev–Trinajstić information content (AvgIpc) is 2.56. The van der Waals surface area contributed by atoms with Gasteiger partial charge >= 0.3 is 0 Å². The number of benzene rings is 1. The van der Waals surface area contributed by atoms with Gasteiger partial charge in [-0.2, -0.15) is 0 Å². The van der Waals surface area contributed by atoms with E-state index < -0.39 is 0 Å². The first-order valence-electron chi connectivity index (χ1n) is 8.74. The van der Waals surface area contributed by atoms with Gasteiger partial charge in [-0.15, -0.1) is 0 Å². The molecule has 4 nitrogen and oxygen atoms in total. The molecule has 1 saturated heterocycles. The number of hydrogen-bond acceptors (Lipinski definition) is 3. The molecule has 2 rings (SSSR count). The first-order valence-corrected chi connectivity index (χ1v) is 8.74. The number of hydrogen-bond donors (Lipinski definition) is 0. The molecule has 0 unspecified atom stereocenters. The monoisotopic (exact) mass is 319 g/mol. The van der Waals surface area contributed by atoms with Crippen molar-refractivity contribution in [2.45, 2.75) is 46.6 Å². The molecule has 0 aromatic heterocycles. The van der Waals surface area contributed by atoms with E-state index in [0.29, 0.717) is 25.7 Å². The molecule has 1 aromatic rings. The maximum absolute atomic E-state index is 12.6. The van der Waals surface area contributed by atoms with Gasteiger partial charge in [-0.05, 0) is 50.3 Å². The van der Waals surface area contributed by atoms with Gasteiger partial charge in [0.1, 0.15) is 5.75 Å². The van der Waals surface area contributed by atoms with Crippen LogP contribution in [0.4, 0.5) is 0 Å². The predicted octanol–water partition coefficient (Wildman–Crippen LogP) is 3.88. The minimum atomic E-state index is 0.123. The molecule has 0 saturated carbocycles. The van der Waals surface area contributed by atoms with E-state index >= 15 is 0 Å². The van der Waals surface area contributed by atoms with Crippen LogP contribution in [-0.2, 0) is 11.3 Å². The Bertz CT molecular complexity index is 507. The normalized spacial score (nSPS) is 15.0. The molecular formula is C19H29NO3. The summed E-state index contributed by atoms with van der Waals surface area (Å²) in [7, 11) is 0. The fraction of sp³-hybridized carbons (Fsp3) is 0.632. The molecule has 4 heteroatoms. The lowest BCUT2D eigenvalue weighted by atomic mass is 10.1. The number of ether oxygens (including phenoxy) is 2. The Morgan fingerprint density at radius 2 is 1.96 bits per heavy atom. The molecular weight excluding hydrogens is 290 g/mol. The second-order valence-electron chi connectivity index (χ2n) is 6.52. The van der Waals surface area contributed by atoms with Crippen LogP contribution in [0.5, 0.6) is 5.75 Å². The van der Waals surface area contributed by atoms with Crippen LogP contribution in [0.25, 0.3) is 0 Å². The maximum Gasteiger partial charge on any atom is 0.253 e. The summed E-state index contributed by atoms with van der Waals surface area (Å²) in [5, 5.41) is 0. The number of carbonyl (C=O) groups is 1. The Balaban J connectivity index is 2.11. The topological polar surface area (TPSA) is 38.8 Å². The number of carbonyl (C=O) groups excluding carboxylic acids is 1. The van der Waals surface area contributed by atoms with Crippen molar-refractivity contribution < 1.29 is 14.3 Å². The highest BCUT2D eigenvalue weighted by molar-refractivity contribution is 5.94. The number of likely N-dealkylation sites (tertiary alicyclic amines) is 1. The first-order chi connectivity index (χ1) is 11.1. The number of piperidine rings is 1. The second-order valence-corrected chi connectivity index (χ2v) is 6.52. The summed E-state index contributed by atoms with van der Waals surface area (Å²) < 4.78 is 11.4. The average molecular weight is 319 g/mol. The lowest BCUT2D eigenvalue weighted by Gasteiger charge is -2.27. The molecule has 1 aromatic carbocycles. The van der Waals surface area contributed by atoms with Crippen molar-refractivity contribution in [1.29, 1.82) is 0 Å². The van der Waals surface area contributed by atoms with Gasteiger partial charge in [0.15, 0.2) is 0 Å². The molecule has 0 spiro atoms. The summed E-state index contributed by atoms with van der Waals surface area (Å²) in [4.78, 5) is 14.6. The molecule has 0 radical (unpaired) electrons. The van der Waals surface area contributed by atoms with Crippen molar-refractivity contribution in [3.63, 3.8) is 0 Å². The molecule has 23 heavy (non-hydrogen) atoms. The summed E-state index contributed by atoms with van der Waals surface area (Å²) in [6.45, 7) is 9.74. The smallest absolute Gasteiger partial charge is 0.253 e. The van der Waals surface area contributed by atoms with Crippen LogP contribution < -0.4 is 4.74 Å².